The quantitative estimate of drug-likeness (QED) is 0.750. The van der Waals surface area contributed by atoms with E-state index in [9.17, 15) is 18.0 Å². The van der Waals surface area contributed by atoms with E-state index in [-0.39, 0.29) is 29.8 Å². The van der Waals surface area contributed by atoms with Gasteiger partial charge < -0.3 is 10.6 Å². The van der Waals surface area contributed by atoms with E-state index < -0.39 is 21.7 Å². The summed E-state index contributed by atoms with van der Waals surface area (Å²) in [6.45, 7) is -0.202. The Hall–Kier alpha value is -1.96. The number of aromatic nitrogens is 1. The molecule has 0 unspecified atom stereocenters. The smallest absolute Gasteiger partial charge is 0.270 e. The fraction of sp³-hybridized carbons (Fsp3) is 0.417. The molecule has 8 heteroatoms. The monoisotopic (exact) mass is 297 g/mol. The Morgan fingerprint density at radius 2 is 2.15 bits per heavy atom. The first-order chi connectivity index (χ1) is 9.46. The first-order valence-electron chi connectivity index (χ1n) is 6.15. The summed E-state index contributed by atoms with van der Waals surface area (Å²) in [5, 5.41) is 5.02. The van der Waals surface area contributed by atoms with Gasteiger partial charge in [0.15, 0.2) is 9.84 Å². The second-order valence-electron chi connectivity index (χ2n) is 4.57. The van der Waals surface area contributed by atoms with Crippen LogP contribution >= 0.6 is 0 Å². The van der Waals surface area contributed by atoms with Gasteiger partial charge in [0.1, 0.15) is 5.69 Å². The van der Waals surface area contributed by atoms with Gasteiger partial charge >= 0.3 is 0 Å². The van der Waals surface area contributed by atoms with Crippen LogP contribution in [-0.4, -0.2) is 49.3 Å². The molecule has 2 N–H and O–H groups in total. The highest BCUT2D eigenvalue weighted by Gasteiger charge is 2.28. The van der Waals surface area contributed by atoms with Crippen molar-refractivity contribution < 1.29 is 18.0 Å². The minimum Gasteiger partial charge on any atom is -0.351 e. The van der Waals surface area contributed by atoms with Gasteiger partial charge in [0, 0.05) is 12.2 Å². The number of carbonyl (C=O) groups is 2. The topological polar surface area (TPSA) is 105 Å². The van der Waals surface area contributed by atoms with Gasteiger partial charge in [0.05, 0.1) is 18.1 Å². The third-order valence-corrected chi connectivity index (χ3v) is 4.67. The number of sulfone groups is 1. The first-order valence-corrected chi connectivity index (χ1v) is 7.97. The summed E-state index contributed by atoms with van der Waals surface area (Å²) in [7, 11) is -3.03. The Morgan fingerprint density at radius 3 is 2.75 bits per heavy atom. The van der Waals surface area contributed by atoms with E-state index >= 15 is 0 Å². The molecule has 1 aromatic heterocycles. The lowest BCUT2D eigenvalue weighted by Gasteiger charge is -2.11. The Kier molecular flexibility index (Phi) is 4.33. The maximum Gasteiger partial charge on any atom is 0.270 e. The number of hydrogen-bond acceptors (Lipinski definition) is 5. The zero-order chi connectivity index (χ0) is 14.6. The Bertz CT molecular complexity index is 600. The molecule has 7 nitrogen and oxygen atoms in total. The van der Waals surface area contributed by atoms with E-state index in [4.69, 9.17) is 0 Å². The summed E-state index contributed by atoms with van der Waals surface area (Å²) >= 11 is 0. The number of nitrogens with one attached hydrogen (secondary N) is 2. The van der Waals surface area contributed by atoms with Crippen molar-refractivity contribution in [3.63, 3.8) is 0 Å². The molecule has 1 aliphatic heterocycles. The third kappa shape index (κ3) is 4.02. The normalized spacial score (nSPS) is 20.3. The highest BCUT2D eigenvalue weighted by molar-refractivity contribution is 7.91. The standard InChI is InChI=1S/C12H15N3O4S/c16-11(15-9-4-6-20(18,19)8-9)7-14-12(17)10-3-1-2-5-13-10/h1-3,5,9H,4,6-8H2,(H,14,17)(H,15,16)/t9-/m1/s1. The minimum atomic E-state index is -3.03. The highest BCUT2D eigenvalue weighted by atomic mass is 32.2. The van der Waals surface area contributed by atoms with Crippen molar-refractivity contribution in [3.05, 3.63) is 30.1 Å². The summed E-state index contributed by atoms with van der Waals surface area (Å²) in [4.78, 5) is 27.1. The Balaban J connectivity index is 1.77. The molecule has 108 valence electrons. The number of carbonyl (C=O) groups excluding carboxylic acids is 2. The summed E-state index contributed by atoms with van der Waals surface area (Å²) in [5.41, 5.74) is 0.226. The predicted molar refractivity (Wildman–Crippen MR) is 71.8 cm³/mol. The van der Waals surface area contributed by atoms with Crippen LogP contribution in [0.2, 0.25) is 0 Å². The van der Waals surface area contributed by atoms with Crippen molar-refractivity contribution in [2.24, 2.45) is 0 Å². The molecular weight excluding hydrogens is 282 g/mol. The van der Waals surface area contributed by atoms with Crippen molar-refractivity contribution in [3.8, 4) is 0 Å². The lowest BCUT2D eigenvalue weighted by molar-refractivity contribution is -0.120. The van der Waals surface area contributed by atoms with Crippen LogP contribution in [0.4, 0.5) is 0 Å². The maximum atomic E-state index is 11.6. The SMILES string of the molecule is O=C(CNC(=O)c1ccccn1)N[C@@H]1CCS(=O)(=O)C1. The number of nitrogens with zero attached hydrogens (tertiary/aromatic N) is 1. The van der Waals surface area contributed by atoms with Gasteiger partial charge in [-0.3, -0.25) is 14.6 Å². The molecular formula is C12H15N3O4S. The molecule has 0 spiro atoms. The Labute approximate surface area is 116 Å². The molecule has 1 aliphatic rings. The van der Waals surface area contributed by atoms with Gasteiger partial charge in [-0.15, -0.1) is 0 Å². The number of hydrogen-bond donors (Lipinski definition) is 2. The van der Waals surface area contributed by atoms with E-state index in [1.165, 1.54) is 12.3 Å². The van der Waals surface area contributed by atoms with Gasteiger partial charge in [-0.25, -0.2) is 8.42 Å². The molecule has 0 saturated carbocycles. The maximum absolute atomic E-state index is 11.6. The highest BCUT2D eigenvalue weighted by Crippen LogP contribution is 2.10. The molecule has 2 rings (SSSR count). The van der Waals surface area contributed by atoms with Crippen molar-refractivity contribution >= 4 is 21.7 Å². The summed E-state index contributed by atoms with van der Waals surface area (Å²) < 4.78 is 22.5. The average molecular weight is 297 g/mol. The molecule has 1 saturated heterocycles. The van der Waals surface area contributed by atoms with Gasteiger partial charge in [-0.2, -0.15) is 0 Å². The molecule has 0 aliphatic carbocycles. The fourth-order valence-corrected chi connectivity index (χ4v) is 3.61. The van der Waals surface area contributed by atoms with Crippen LogP contribution in [0.5, 0.6) is 0 Å². The Morgan fingerprint density at radius 1 is 1.35 bits per heavy atom. The van der Waals surface area contributed by atoms with Gasteiger partial charge in [0.2, 0.25) is 5.91 Å². The summed E-state index contributed by atoms with van der Waals surface area (Å²) in [6, 6.07) is 4.53. The lowest BCUT2D eigenvalue weighted by Crippen LogP contribution is -2.42. The molecule has 1 aromatic rings. The molecule has 1 atom stereocenters. The average Bonchev–Trinajstić information content (AvgIpc) is 2.76. The number of amides is 2. The van der Waals surface area contributed by atoms with Gasteiger partial charge in [-0.1, -0.05) is 6.07 Å². The molecule has 20 heavy (non-hydrogen) atoms. The van der Waals surface area contributed by atoms with E-state index in [2.05, 4.69) is 15.6 Å². The van der Waals surface area contributed by atoms with Crippen molar-refractivity contribution in [1.29, 1.82) is 0 Å². The fourth-order valence-electron chi connectivity index (χ4n) is 1.94. The van der Waals surface area contributed by atoms with Crippen LogP contribution in [0.3, 0.4) is 0 Å². The molecule has 2 heterocycles. The van der Waals surface area contributed by atoms with Crippen LogP contribution in [0.25, 0.3) is 0 Å². The van der Waals surface area contributed by atoms with Gasteiger partial charge in [0.25, 0.3) is 5.91 Å². The van der Waals surface area contributed by atoms with Gasteiger partial charge in [-0.05, 0) is 18.6 Å². The second kappa shape index (κ2) is 6.00. The third-order valence-electron chi connectivity index (χ3n) is 2.90. The van der Waals surface area contributed by atoms with Crippen LogP contribution in [0.1, 0.15) is 16.9 Å². The molecule has 0 bridgehead atoms. The van der Waals surface area contributed by atoms with Crippen LogP contribution < -0.4 is 10.6 Å². The van der Waals surface area contributed by atoms with Crippen LogP contribution in [-0.2, 0) is 14.6 Å². The first kappa shape index (κ1) is 14.4. The molecule has 1 fully saturated rings. The lowest BCUT2D eigenvalue weighted by atomic mass is 10.2. The zero-order valence-electron chi connectivity index (χ0n) is 10.7. The van der Waals surface area contributed by atoms with E-state index in [0.717, 1.165) is 0 Å². The van der Waals surface area contributed by atoms with E-state index in [1.54, 1.807) is 12.1 Å². The largest absolute Gasteiger partial charge is 0.351 e. The number of rotatable bonds is 4. The molecule has 2 amide bonds. The number of pyridine rings is 1. The molecule has 0 aromatic carbocycles. The summed E-state index contributed by atoms with van der Waals surface area (Å²) in [6.07, 6.45) is 1.90. The van der Waals surface area contributed by atoms with Crippen molar-refractivity contribution in [1.82, 2.24) is 15.6 Å². The van der Waals surface area contributed by atoms with Crippen LogP contribution in [0, 0.1) is 0 Å². The van der Waals surface area contributed by atoms with Crippen molar-refractivity contribution in [2.75, 3.05) is 18.1 Å². The van der Waals surface area contributed by atoms with E-state index in [0.29, 0.717) is 6.42 Å². The minimum absolute atomic E-state index is 0.0348. The predicted octanol–water partition coefficient (Wildman–Crippen LogP) is -0.885. The van der Waals surface area contributed by atoms with Crippen molar-refractivity contribution in [2.45, 2.75) is 12.5 Å². The van der Waals surface area contributed by atoms with Crippen LogP contribution in [0.15, 0.2) is 24.4 Å². The second-order valence-corrected chi connectivity index (χ2v) is 6.79. The summed E-state index contributed by atoms with van der Waals surface area (Å²) in [5.74, 6) is -0.790. The zero-order valence-corrected chi connectivity index (χ0v) is 11.5. The van der Waals surface area contributed by atoms with E-state index in [1.807, 2.05) is 0 Å². The molecule has 0 radical (unpaired) electrons.